The van der Waals surface area contributed by atoms with Crippen molar-refractivity contribution in [2.45, 2.75) is 25.5 Å². The number of thiophene rings is 1. The fourth-order valence-corrected chi connectivity index (χ4v) is 6.34. The van der Waals surface area contributed by atoms with Crippen molar-refractivity contribution in [2.75, 3.05) is 6.61 Å². The highest BCUT2D eigenvalue weighted by Gasteiger charge is 2.41. The van der Waals surface area contributed by atoms with Gasteiger partial charge in [-0.2, -0.15) is 10.2 Å². The number of para-hydroxylation sites is 1. The molecule has 0 aliphatic heterocycles. The number of aromatic nitrogens is 2. The number of ether oxygens (including phenoxy) is 2. The van der Waals surface area contributed by atoms with Crippen LogP contribution in [-0.2, 0) is 25.4 Å². The SMILES string of the molecule is C=CCOC(=O)c1cc2cc([C@H](F)P(=O)(N[C@@H](C)C(=O)OCc3cccnn3)Oc3ccccc3)ccc2s1. The molecule has 2 heterocycles. The van der Waals surface area contributed by atoms with E-state index in [0.717, 1.165) is 0 Å². The van der Waals surface area contributed by atoms with Gasteiger partial charge in [0.05, 0.1) is 0 Å². The zero-order valence-corrected chi connectivity index (χ0v) is 22.6. The number of nitrogens with one attached hydrogen (secondary N) is 1. The second-order valence-electron chi connectivity index (χ2n) is 8.31. The van der Waals surface area contributed by atoms with Crippen LogP contribution >= 0.6 is 18.9 Å². The molecule has 2 aromatic heterocycles. The van der Waals surface area contributed by atoms with Gasteiger partial charge in [-0.25, -0.2) is 14.3 Å². The topological polar surface area (TPSA) is 117 Å². The van der Waals surface area contributed by atoms with Crippen LogP contribution < -0.4 is 9.61 Å². The lowest BCUT2D eigenvalue weighted by molar-refractivity contribution is -0.146. The largest absolute Gasteiger partial charge is 0.458 e. The van der Waals surface area contributed by atoms with Gasteiger partial charge in [-0.3, -0.25) is 9.36 Å². The Hall–Kier alpha value is -3.92. The smallest absolute Gasteiger partial charge is 0.355 e. The van der Waals surface area contributed by atoms with Crippen LogP contribution in [0.2, 0.25) is 0 Å². The lowest BCUT2D eigenvalue weighted by Gasteiger charge is -2.26. The first-order chi connectivity index (χ1) is 18.8. The van der Waals surface area contributed by atoms with E-state index in [1.54, 1.807) is 42.5 Å². The third kappa shape index (κ3) is 7.14. The molecule has 0 saturated heterocycles. The van der Waals surface area contributed by atoms with Crippen LogP contribution in [0.4, 0.5) is 4.39 Å². The summed E-state index contributed by atoms with van der Waals surface area (Å²) in [6.07, 6.45) is 2.94. The van der Waals surface area contributed by atoms with E-state index >= 15 is 4.39 Å². The first-order valence-electron chi connectivity index (χ1n) is 11.8. The average molecular weight is 570 g/mol. The van der Waals surface area contributed by atoms with Gasteiger partial charge in [-0.05, 0) is 60.3 Å². The van der Waals surface area contributed by atoms with Crippen molar-refractivity contribution in [3.05, 3.63) is 102 Å². The molecular weight excluding hydrogens is 544 g/mol. The molecule has 3 atom stereocenters. The van der Waals surface area contributed by atoms with E-state index in [0.29, 0.717) is 20.7 Å². The lowest BCUT2D eigenvalue weighted by atomic mass is 10.2. The molecule has 0 fully saturated rings. The van der Waals surface area contributed by atoms with Crippen LogP contribution in [0, 0.1) is 0 Å². The Kier molecular flexibility index (Phi) is 9.19. The zero-order chi connectivity index (χ0) is 27.8. The highest BCUT2D eigenvalue weighted by atomic mass is 32.1. The van der Waals surface area contributed by atoms with Crippen LogP contribution in [0.3, 0.4) is 0 Å². The molecule has 0 radical (unpaired) electrons. The molecule has 0 bridgehead atoms. The zero-order valence-electron chi connectivity index (χ0n) is 20.9. The number of hydrogen-bond donors (Lipinski definition) is 1. The molecule has 12 heteroatoms. The lowest BCUT2D eigenvalue weighted by Crippen LogP contribution is -2.35. The summed E-state index contributed by atoms with van der Waals surface area (Å²) in [6.45, 7) is 4.82. The Bertz CT molecular complexity index is 1500. The average Bonchev–Trinajstić information content (AvgIpc) is 3.39. The summed E-state index contributed by atoms with van der Waals surface area (Å²) in [7, 11) is -4.41. The molecule has 0 aliphatic carbocycles. The number of esters is 2. The number of benzene rings is 2. The van der Waals surface area contributed by atoms with Gasteiger partial charge in [0.15, 0.2) is 0 Å². The fourth-order valence-electron chi connectivity index (χ4n) is 3.49. The van der Waals surface area contributed by atoms with Crippen molar-refractivity contribution >= 4 is 40.9 Å². The predicted molar refractivity (Wildman–Crippen MR) is 145 cm³/mol. The van der Waals surface area contributed by atoms with E-state index in [1.807, 2.05) is 0 Å². The number of carbonyl (C=O) groups excluding carboxylic acids is 2. The van der Waals surface area contributed by atoms with Crippen LogP contribution in [0.15, 0.2) is 85.6 Å². The third-order valence-electron chi connectivity index (χ3n) is 5.35. The fraction of sp³-hybridized carbons (Fsp3) is 0.185. The van der Waals surface area contributed by atoms with Crippen molar-refractivity contribution in [3.8, 4) is 5.75 Å². The molecule has 0 aliphatic rings. The van der Waals surface area contributed by atoms with Gasteiger partial charge in [-0.15, -0.1) is 11.3 Å². The number of fused-ring (bicyclic) bond motifs is 1. The van der Waals surface area contributed by atoms with E-state index in [4.69, 9.17) is 14.0 Å². The van der Waals surface area contributed by atoms with Crippen molar-refractivity contribution in [1.29, 1.82) is 0 Å². The molecule has 1 N–H and O–H groups in total. The maximum atomic E-state index is 16.1. The highest BCUT2D eigenvalue weighted by molar-refractivity contribution is 7.57. The van der Waals surface area contributed by atoms with Gasteiger partial charge in [0.1, 0.15) is 35.6 Å². The monoisotopic (exact) mass is 569 g/mol. The Morgan fingerprint density at radius 1 is 1.13 bits per heavy atom. The van der Waals surface area contributed by atoms with Crippen LogP contribution in [-0.4, -0.2) is 34.8 Å². The molecule has 0 amide bonds. The Labute approximate surface area is 228 Å². The van der Waals surface area contributed by atoms with Crippen molar-refractivity contribution in [3.63, 3.8) is 0 Å². The second kappa shape index (κ2) is 12.8. The van der Waals surface area contributed by atoms with Crippen LogP contribution in [0.5, 0.6) is 5.75 Å². The first kappa shape index (κ1) is 28.1. The molecule has 4 aromatic rings. The van der Waals surface area contributed by atoms with E-state index in [9.17, 15) is 14.2 Å². The van der Waals surface area contributed by atoms with Gasteiger partial charge in [0.2, 0.25) is 5.91 Å². The van der Waals surface area contributed by atoms with E-state index in [1.165, 1.54) is 54.8 Å². The van der Waals surface area contributed by atoms with Gasteiger partial charge < -0.3 is 14.0 Å². The minimum atomic E-state index is -4.41. The van der Waals surface area contributed by atoms with E-state index < -0.39 is 31.4 Å². The van der Waals surface area contributed by atoms with E-state index in [2.05, 4.69) is 21.9 Å². The Morgan fingerprint density at radius 2 is 1.92 bits per heavy atom. The molecule has 1 unspecified atom stereocenters. The molecular formula is C27H25FN3O6PS. The minimum Gasteiger partial charge on any atom is -0.458 e. The van der Waals surface area contributed by atoms with Crippen LogP contribution in [0.25, 0.3) is 10.1 Å². The van der Waals surface area contributed by atoms with Gasteiger partial charge in [0, 0.05) is 10.9 Å². The maximum absolute atomic E-state index is 16.1. The normalized spacial score (nSPS) is 14.1. The summed E-state index contributed by atoms with van der Waals surface area (Å²) in [5.41, 5.74) is 0.458. The summed E-state index contributed by atoms with van der Waals surface area (Å²) in [6, 6.07) is 16.3. The van der Waals surface area contributed by atoms with Crippen molar-refractivity contribution < 1.29 is 32.5 Å². The Morgan fingerprint density at radius 3 is 2.64 bits per heavy atom. The van der Waals surface area contributed by atoms with Gasteiger partial charge in [0.25, 0.3) is 0 Å². The van der Waals surface area contributed by atoms with Crippen LogP contribution in [0.1, 0.15) is 33.8 Å². The molecule has 0 saturated carbocycles. The standard InChI is InChI=1S/C27H25FN3O6PS/c1-3-14-35-27(33)24-16-20-15-19(11-12-23(20)39-24)25(28)38(34,37-22-9-5-4-6-10-22)31-18(2)26(32)36-17-21-8-7-13-29-30-21/h3-13,15-16,18,25H,1,14,17H2,2H3,(H,31,34)/t18-,25+,38?/m0/s1. The number of alkyl halides is 1. The number of rotatable bonds is 12. The summed E-state index contributed by atoms with van der Waals surface area (Å²) in [5.74, 6) is -3.31. The number of halogens is 1. The van der Waals surface area contributed by atoms with Crippen molar-refractivity contribution in [2.24, 2.45) is 0 Å². The molecule has 9 nitrogen and oxygen atoms in total. The van der Waals surface area contributed by atoms with Gasteiger partial charge >= 0.3 is 19.5 Å². The quantitative estimate of drug-likeness (QED) is 0.125. The van der Waals surface area contributed by atoms with Gasteiger partial charge in [-0.1, -0.05) is 36.9 Å². The summed E-state index contributed by atoms with van der Waals surface area (Å²) < 4.78 is 46.8. The predicted octanol–water partition coefficient (Wildman–Crippen LogP) is 6.00. The summed E-state index contributed by atoms with van der Waals surface area (Å²) >= 11 is 1.19. The maximum Gasteiger partial charge on any atom is 0.355 e. The molecule has 0 spiro atoms. The number of nitrogens with zero attached hydrogens (tertiary/aromatic N) is 2. The second-order valence-corrected chi connectivity index (χ2v) is 11.5. The molecule has 202 valence electrons. The summed E-state index contributed by atoms with van der Waals surface area (Å²) in [4.78, 5) is 25.2. The minimum absolute atomic E-state index is 0.0400. The van der Waals surface area contributed by atoms with E-state index in [-0.39, 0.29) is 24.5 Å². The summed E-state index contributed by atoms with van der Waals surface area (Å²) in [5, 5.41) is 10.7. The first-order valence-corrected chi connectivity index (χ1v) is 14.3. The molecule has 4 rings (SSSR count). The third-order valence-corrected chi connectivity index (χ3v) is 8.57. The number of hydrogen-bond acceptors (Lipinski definition) is 9. The van der Waals surface area contributed by atoms with Crippen molar-refractivity contribution in [1.82, 2.24) is 15.3 Å². The molecule has 2 aromatic carbocycles. The Balaban J connectivity index is 1.57. The molecule has 39 heavy (non-hydrogen) atoms. The highest BCUT2D eigenvalue weighted by Crippen LogP contribution is 2.58. The number of carbonyl (C=O) groups is 2.